The summed E-state index contributed by atoms with van der Waals surface area (Å²) in [4.78, 5) is 0. The maximum atomic E-state index is 9.94. The molecule has 1 aliphatic carbocycles. The predicted molar refractivity (Wildman–Crippen MR) is 63.2 cm³/mol. The molecule has 1 aliphatic rings. The highest BCUT2D eigenvalue weighted by atomic mass is 16.3. The average Bonchev–Trinajstić information content (AvgIpc) is 3.17. The summed E-state index contributed by atoms with van der Waals surface area (Å²) in [6, 6.07) is 8.93. The molecule has 2 rings (SSSR count). The molecule has 4 nitrogen and oxygen atoms in total. The molecule has 4 heteroatoms. The number of β-amino-alcohol motifs (C(OH)–C–C–N with tert-alkyl or cyclic N) is 1. The van der Waals surface area contributed by atoms with Gasteiger partial charge in [-0.1, -0.05) is 12.1 Å². The summed E-state index contributed by atoms with van der Waals surface area (Å²) in [5.41, 5.74) is 1.21. The van der Waals surface area contributed by atoms with Crippen molar-refractivity contribution < 1.29 is 10.2 Å². The summed E-state index contributed by atoms with van der Waals surface area (Å²) in [5.74, 6) is 0. The molecule has 1 unspecified atom stereocenters. The molecule has 1 fully saturated rings. The highest BCUT2D eigenvalue weighted by Crippen LogP contribution is 2.34. The second-order valence-corrected chi connectivity index (χ2v) is 4.57. The van der Waals surface area contributed by atoms with Gasteiger partial charge in [0.15, 0.2) is 0 Å². The molecule has 1 saturated carbocycles. The summed E-state index contributed by atoms with van der Waals surface area (Å²) in [6.07, 6.45) is 1.32. The van der Waals surface area contributed by atoms with Crippen molar-refractivity contribution >= 4 is 0 Å². The van der Waals surface area contributed by atoms with Gasteiger partial charge in [-0.3, -0.25) is 0 Å². The molecule has 0 radical (unpaired) electrons. The Morgan fingerprint density at radius 1 is 1.35 bits per heavy atom. The van der Waals surface area contributed by atoms with Crippen LogP contribution in [0, 0.1) is 11.3 Å². The van der Waals surface area contributed by atoms with Crippen molar-refractivity contribution in [2.24, 2.45) is 0 Å². The van der Waals surface area contributed by atoms with Gasteiger partial charge in [0.2, 0.25) is 0 Å². The SMILES string of the molecule is N#Cc1ccc(C(O)CNC2(CO)CC2)cc1. The number of hydrogen-bond donors (Lipinski definition) is 3. The van der Waals surface area contributed by atoms with E-state index in [-0.39, 0.29) is 12.1 Å². The number of nitrogens with one attached hydrogen (secondary N) is 1. The molecule has 90 valence electrons. The predicted octanol–water partition coefficient (Wildman–Crippen LogP) is 0.706. The first-order valence-electron chi connectivity index (χ1n) is 5.73. The minimum atomic E-state index is -0.605. The Labute approximate surface area is 101 Å². The fourth-order valence-electron chi connectivity index (χ4n) is 1.75. The van der Waals surface area contributed by atoms with Crippen molar-refractivity contribution in [1.29, 1.82) is 5.26 Å². The maximum Gasteiger partial charge on any atom is 0.0991 e. The van der Waals surface area contributed by atoms with Crippen LogP contribution in [-0.4, -0.2) is 28.9 Å². The van der Waals surface area contributed by atoms with Crippen LogP contribution in [0.4, 0.5) is 0 Å². The lowest BCUT2D eigenvalue weighted by atomic mass is 10.1. The fraction of sp³-hybridized carbons (Fsp3) is 0.462. The van der Waals surface area contributed by atoms with E-state index in [0.717, 1.165) is 18.4 Å². The number of benzene rings is 1. The highest BCUT2D eigenvalue weighted by molar-refractivity contribution is 5.32. The summed E-state index contributed by atoms with van der Waals surface area (Å²) < 4.78 is 0. The standard InChI is InChI=1S/C13H16N2O2/c14-7-10-1-3-11(4-2-10)12(17)8-15-13(9-16)5-6-13/h1-4,12,15-17H,5-6,8-9H2. The third-order valence-corrected chi connectivity index (χ3v) is 3.25. The molecule has 1 atom stereocenters. The van der Waals surface area contributed by atoms with Gasteiger partial charge in [0.25, 0.3) is 0 Å². The third kappa shape index (κ3) is 2.83. The number of nitrogens with zero attached hydrogens (tertiary/aromatic N) is 1. The van der Waals surface area contributed by atoms with Crippen molar-refractivity contribution in [3.63, 3.8) is 0 Å². The fourth-order valence-corrected chi connectivity index (χ4v) is 1.75. The Hall–Kier alpha value is -1.41. The van der Waals surface area contributed by atoms with E-state index in [0.29, 0.717) is 12.1 Å². The molecule has 0 heterocycles. The van der Waals surface area contributed by atoms with Crippen molar-refractivity contribution in [1.82, 2.24) is 5.32 Å². The molecule has 0 spiro atoms. The second-order valence-electron chi connectivity index (χ2n) is 4.57. The Morgan fingerprint density at radius 3 is 2.47 bits per heavy atom. The molecule has 0 bridgehead atoms. The van der Waals surface area contributed by atoms with Crippen LogP contribution in [-0.2, 0) is 0 Å². The zero-order chi connectivity index (χ0) is 12.3. The molecule has 0 aromatic heterocycles. The van der Waals surface area contributed by atoms with E-state index in [1.54, 1.807) is 24.3 Å². The van der Waals surface area contributed by atoms with Crippen LogP contribution in [0.15, 0.2) is 24.3 Å². The molecule has 17 heavy (non-hydrogen) atoms. The van der Waals surface area contributed by atoms with Crippen LogP contribution < -0.4 is 5.32 Å². The first-order chi connectivity index (χ1) is 8.19. The number of aliphatic hydroxyl groups is 2. The molecule has 1 aromatic carbocycles. The van der Waals surface area contributed by atoms with E-state index in [4.69, 9.17) is 10.4 Å². The summed E-state index contributed by atoms with van der Waals surface area (Å²) in [7, 11) is 0. The molecule has 0 aliphatic heterocycles. The average molecular weight is 232 g/mol. The molecule has 0 amide bonds. The van der Waals surface area contributed by atoms with Crippen molar-refractivity contribution in [3.8, 4) is 6.07 Å². The normalized spacial score (nSPS) is 18.4. The van der Waals surface area contributed by atoms with Gasteiger partial charge in [0.05, 0.1) is 24.3 Å². The molecule has 1 aromatic rings. The first-order valence-corrected chi connectivity index (χ1v) is 5.73. The van der Waals surface area contributed by atoms with Crippen LogP contribution in [0.5, 0.6) is 0 Å². The lowest BCUT2D eigenvalue weighted by Gasteiger charge is -2.18. The Morgan fingerprint density at radius 2 is 2.00 bits per heavy atom. The van der Waals surface area contributed by atoms with Crippen LogP contribution in [0.2, 0.25) is 0 Å². The van der Waals surface area contributed by atoms with Crippen LogP contribution >= 0.6 is 0 Å². The zero-order valence-corrected chi connectivity index (χ0v) is 9.56. The van der Waals surface area contributed by atoms with Gasteiger partial charge in [-0.15, -0.1) is 0 Å². The quantitative estimate of drug-likeness (QED) is 0.698. The molecular weight excluding hydrogens is 216 g/mol. The Bertz CT molecular complexity index is 418. The van der Waals surface area contributed by atoms with Gasteiger partial charge < -0.3 is 15.5 Å². The van der Waals surface area contributed by atoms with Gasteiger partial charge in [0, 0.05) is 12.1 Å². The number of aliphatic hydroxyl groups excluding tert-OH is 2. The zero-order valence-electron chi connectivity index (χ0n) is 9.56. The van der Waals surface area contributed by atoms with E-state index < -0.39 is 6.10 Å². The third-order valence-electron chi connectivity index (χ3n) is 3.25. The van der Waals surface area contributed by atoms with Crippen molar-refractivity contribution in [2.75, 3.05) is 13.2 Å². The monoisotopic (exact) mass is 232 g/mol. The van der Waals surface area contributed by atoms with Crippen molar-refractivity contribution in [2.45, 2.75) is 24.5 Å². The Balaban J connectivity index is 1.90. The first kappa shape index (κ1) is 12.1. The van der Waals surface area contributed by atoms with Gasteiger partial charge >= 0.3 is 0 Å². The lowest BCUT2D eigenvalue weighted by molar-refractivity contribution is 0.154. The minimum Gasteiger partial charge on any atom is -0.394 e. The van der Waals surface area contributed by atoms with Crippen LogP contribution in [0.1, 0.15) is 30.1 Å². The topological polar surface area (TPSA) is 76.3 Å². The van der Waals surface area contributed by atoms with Crippen LogP contribution in [0.25, 0.3) is 0 Å². The van der Waals surface area contributed by atoms with Gasteiger partial charge in [-0.25, -0.2) is 0 Å². The van der Waals surface area contributed by atoms with E-state index in [1.165, 1.54) is 0 Å². The van der Waals surface area contributed by atoms with Gasteiger partial charge in [-0.05, 0) is 30.5 Å². The summed E-state index contributed by atoms with van der Waals surface area (Å²) >= 11 is 0. The lowest BCUT2D eigenvalue weighted by Crippen LogP contribution is -2.37. The van der Waals surface area contributed by atoms with E-state index in [2.05, 4.69) is 5.32 Å². The molecular formula is C13H16N2O2. The highest BCUT2D eigenvalue weighted by Gasteiger charge is 2.41. The molecule has 0 saturated heterocycles. The van der Waals surface area contributed by atoms with E-state index in [1.807, 2.05) is 6.07 Å². The Kier molecular flexibility index (Phi) is 3.43. The maximum absolute atomic E-state index is 9.94. The number of nitriles is 1. The number of hydrogen-bond acceptors (Lipinski definition) is 4. The molecule has 3 N–H and O–H groups in total. The van der Waals surface area contributed by atoms with Gasteiger partial charge in [-0.2, -0.15) is 5.26 Å². The summed E-state index contributed by atoms with van der Waals surface area (Å²) in [5, 5.41) is 30.9. The van der Waals surface area contributed by atoms with Crippen molar-refractivity contribution in [3.05, 3.63) is 35.4 Å². The van der Waals surface area contributed by atoms with Gasteiger partial charge in [0.1, 0.15) is 0 Å². The summed E-state index contributed by atoms with van der Waals surface area (Å²) in [6.45, 7) is 0.541. The van der Waals surface area contributed by atoms with E-state index in [9.17, 15) is 5.11 Å². The largest absolute Gasteiger partial charge is 0.394 e. The second kappa shape index (κ2) is 4.84. The van der Waals surface area contributed by atoms with E-state index >= 15 is 0 Å². The minimum absolute atomic E-state index is 0.118. The number of rotatable bonds is 5. The van der Waals surface area contributed by atoms with Crippen LogP contribution in [0.3, 0.4) is 0 Å². The smallest absolute Gasteiger partial charge is 0.0991 e.